The molecule has 0 aliphatic rings. The number of benzene rings is 1. The van der Waals surface area contributed by atoms with E-state index in [4.69, 9.17) is 4.74 Å². The minimum absolute atomic E-state index is 0.945. The van der Waals surface area contributed by atoms with Crippen molar-refractivity contribution < 1.29 is 4.74 Å². The van der Waals surface area contributed by atoms with E-state index in [1.165, 1.54) is 10.4 Å². The number of nitrogens with zero attached hydrogens (tertiary/aromatic N) is 1. The molecular weight excluding hydrogens is 226 g/mol. The van der Waals surface area contributed by atoms with Crippen LogP contribution in [0.15, 0.2) is 48.8 Å². The molecule has 0 aliphatic heterocycles. The Morgan fingerprint density at radius 2 is 1.76 bits per heavy atom. The summed E-state index contributed by atoms with van der Waals surface area (Å²) >= 11 is 0. The third-order valence-corrected chi connectivity index (χ3v) is 6.67. The zero-order valence-corrected chi connectivity index (χ0v) is 11.5. The van der Waals surface area contributed by atoms with E-state index in [0.29, 0.717) is 0 Å². The second kappa shape index (κ2) is 4.71. The van der Waals surface area contributed by atoms with Crippen LogP contribution in [0.25, 0.3) is 0 Å². The van der Waals surface area contributed by atoms with Gasteiger partial charge in [0.15, 0.2) is 0 Å². The molecule has 0 amide bonds. The fourth-order valence-corrected chi connectivity index (χ4v) is 4.57. The average molecular weight is 243 g/mol. The van der Waals surface area contributed by atoms with Crippen molar-refractivity contribution in [2.75, 3.05) is 7.11 Å². The summed E-state index contributed by atoms with van der Waals surface area (Å²) in [6.45, 7) is 4.64. The van der Waals surface area contributed by atoms with Gasteiger partial charge in [-0.15, -0.1) is 0 Å². The number of aromatic nitrogens is 1. The first-order valence-corrected chi connectivity index (χ1v) is 8.70. The number of ether oxygens (including phenoxy) is 1. The van der Waals surface area contributed by atoms with E-state index >= 15 is 0 Å². The Morgan fingerprint density at radius 3 is 2.41 bits per heavy atom. The molecule has 0 bridgehead atoms. The molecule has 1 aromatic carbocycles. The van der Waals surface area contributed by atoms with E-state index in [1.54, 1.807) is 13.3 Å². The van der Waals surface area contributed by atoms with Crippen molar-refractivity contribution in [3.8, 4) is 5.75 Å². The lowest BCUT2D eigenvalue weighted by Crippen LogP contribution is -2.53. The Morgan fingerprint density at radius 1 is 1.06 bits per heavy atom. The standard InChI is InChI=1S/C14H17NOSi/c1-16-13-9-10-15-11-14(13)17(2,3)12-7-5-4-6-8-12/h4-11H,1-3H3. The van der Waals surface area contributed by atoms with Crippen LogP contribution >= 0.6 is 0 Å². The van der Waals surface area contributed by atoms with Crippen molar-refractivity contribution in [3.05, 3.63) is 48.8 Å². The predicted molar refractivity (Wildman–Crippen MR) is 74.0 cm³/mol. The third-order valence-electron chi connectivity index (χ3n) is 3.17. The molecule has 0 unspecified atom stereocenters. The first-order chi connectivity index (χ1) is 8.16. The first kappa shape index (κ1) is 11.9. The van der Waals surface area contributed by atoms with Crippen molar-refractivity contribution in [2.45, 2.75) is 13.1 Å². The lowest BCUT2D eigenvalue weighted by Gasteiger charge is -2.24. The highest BCUT2D eigenvalue weighted by molar-refractivity contribution is 7.00. The molecule has 2 rings (SSSR count). The van der Waals surface area contributed by atoms with Gasteiger partial charge in [-0.3, -0.25) is 4.98 Å². The molecule has 2 nitrogen and oxygen atoms in total. The van der Waals surface area contributed by atoms with Gasteiger partial charge < -0.3 is 4.74 Å². The Balaban J connectivity index is 2.51. The molecule has 0 spiro atoms. The lowest BCUT2D eigenvalue weighted by molar-refractivity contribution is 0.417. The molecule has 0 saturated carbocycles. The van der Waals surface area contributed by atoms with Gasteiger partial charge in [-0.25, -0.2) is 0 Å². The van der Waals surface area contributed by atoms with E-state index in [9.17, 15) is 0 Å². The highest BCUT2D eigenvalue weighted by atomic mass is 28.3. The third kappa shape index (κ3) is 2.24. The topological polar surface area (TPSA) is 22.1 Å². The van der Waals surface area contributed by atoms with Gasteiger partial charge in [-0.2, -0.15) is 0 Å². The van der Waals surface area contributed by atoms with Gasteiger partial charge in [0.25, 0.3) is 0 Å². The van der Waals surface area contributed by atoms with Crippen molar-refractivity contribution in [3.63, 3.8) is 0 Å². The van der Waals surface area contributed by atoms with Crippen LogP contribution in [0.4, 0.5) is 0 Å². The van der Waals surface area contributed by atoms with Crippen LogP contribution in [0.2, 0.25) is 13.1 Å². The van der Waals surface area contributed by atoms with E-state index in [-0.39, 0.29) is 0 Å². The maximum absolute atomic E-state index is 5.45. The van der Waals surface area contributed by atoms with E-state index in [2.05, 4.69) is 48.4 Å². The van der Waals surface area contributed by atoms with Crippen molar-refractivity contribution in [2.24, 2.45) is 0 Å². The molecule has 3 heteroatoms. The molecule has 88 valence electrons. The zero-order chi connectivity index (χ0) is 12.3. The minimum Gasteiger partial charge on any atom is -0.497 e. The quantitative estimate of drug-likeness (QED) is 0.768. The van der Waals surface area contributed by atoms with Crippen molar-refractivity contribution in [1.82, 2.24) is 4.98 Å². The summed E-state index contributed by atoms with van der Waals surface area (Å²) in [6, 6.07) is 12.6. The van der Waals surface area contributed by atoms with Gasteiger partial charge in [0.1, 0.15) is 13.8 Å². The van der Waals surface area contributed by atoms with E-state index in [1.807, 2.05) is 12.3 Å². The van der Waals surface area contributed by atoms with Crippen molar-refractivity contribution in [1.29, 1.82) is 0 Å². The Hall–Kier alpha value is -1.61. The van der Waals surface area contributed by atoms with Gasteiger partial charge in [-0.05, 0) is 6.07 Å². The van der Waals surface area contributed by atoms with Crippen LogP contribution in [0.1, 0.15) is 0 Å². The highest BCUT2D eigenvalue weighted by Crippen LogP contribution is 2.12. The Bertz CT molecular complexity index is 497. The first-order valence-electron chi connectivity index (χ1n) is 5.70. The highest BCUT2D eigenvalue weighted by Gasteiger charge is 2.29. The number of rotatable bonds is 3. The average Bonchev–Trinajstić information content (AvgIpc) is 2.39. The monoisotopic (exact) mass is 243 g/mol. The number of methoxy groups -OCH3 is 1. The summed E-state index contributed by atoms with van der Waals surface area (Å²) in [7, 11) is 0.00802. The van der Waals surface area contributed by atoms with Gasteiger partial charge in [0, 0.05) is 17.6 Å². The molecule has 0 radical (unpaired) electrons. The van der Waals surface area contributed by atoms with Crippen LogP contribution in [-0.4, -0.2) is 20.2 Å². The summed E-state index contributed by atoms with van der Waals surface area (Å²) < 4.78 is 5.45. The molecule has 17 heavy (non-hydrogen) atoms. The number of hydrogen-bond donors (Lipinski definition) is 0. The maximum Gasteiger partial charge on any atom is 0.121 e. The maximum atomic E-state index is 5.45. The normalized spacial score (nSPS) is 11.2. The molecule has 1 heterocycles. The second-order valence-electron chi connectivity index (χ2n) is 4.57. The molecule has 0 N–H and O–H groups in total. The summed E-state index contributed by atoms with van der Waals surface area (Å²) in [5.74, 6) is 0.945. The Kier molecular flexibility index (Phi) is 3.29. The van der Waals surface area contributed by atoms with Crippen LogP contribution < -0.4 is 15.1 Å². The molecule has 0 aliphatic carbocycles. The largest absolute Gasteiger partial charge is 0.497 e. The summed E-state index contributed by atoms with van der Waals surface area (Å²) in [5.41, 5.74) is 0. The molecule has 0 atom stereocenters. The fourth-order valence-electron chi connectivity index (χ4n) is 2.04. The van der Waals surface area contributed by atoms with Crippen LogP contribution in [0, 0.1) is 0 Å². The number of pyridine rings is 1. The minimum atomic E-state index is -1.71. The van der Waals surface area contributed by atoms with E-state index < -0.39 is 8.07 Å². The SMILES string of the molecule is COc1ccncc1[Si](C)(C)c1ccccc1. The van der Waals surface area contributed by atoms with Crippen LogP contribution in [-0.2, 0) is 0 Å². The molecule has 0 fully saturated rings. The summed E-state index contributed by atoms with van der Waals surface area (Å²) in [6.07, 6.45) is 3.72. The number of hydrogen-bond acceptors (Lipinski definition) is 2. The summed E-state index contributed by atoms with van der Waals surface area (Å²) in [5, 5.41) is 2.64. The van der Waals surface area contributed by atoms with Crippen LogP contribution in [0.5, 0.6) is 5.75 Å². The van der Waals surface area contributed by atoms with Gasteiger partial charge in [0.05, 0.1) is 7.11 Å². The van der Waals surface area contributed by atoms with Gasteiger partial charge in [0.2, 0.25) is 0 Å². The summed E-state index contributed by atoms with van der Waals surface area (Å²) in [4.78, 5) is 4.24. The fraction of sp³-hybridized carbons (Fsp3) is 0.214. The predicted octanol–water partition coefficient (Wildman–Crippen LogP) is 1.91. The zero-order valence-electron chi connectivity index (χ0n) is 10.5. The Labute approximate surface area is 103 Å². The van der Waals surface area contributed by atoms with Crippen molar-refractivity contribution >= 4 is 18.4 Å². The second-order valence-corrected chi connectivity index (χ2v) is 8.93. The molecule has 2 aromatic rings. The van der Waals surface area contributed by atoms with E-state index in [0.717, 1.165) is 5.75 Å². The van der Waals surface area contributed by atoms with Crippen LogP contribution in [0.3, 0.4) is 0 Å². The molecule has 0 saturated heterocycles. The van der Waals surface area contributed by atoms with Gasteiger partial charge in [-0.1, -0.05) is 48.6 Å². The van der Waals surface area contributed by atoms with Gasteiger partial charge >= 0.3 is 0 Å². The molecular formula is C14H17NOSi. The molecule has 1 aromatic heterocycles. The lowest BCUT2D eigenvalue weighted by atomic mass is 10.4. The smallest absolute Gasteiger partial charge is 0.121 e.